The van der Waals surface area contributed by atoms with Crippen LogP contribution in [0.25, 0.3) is 11.3 Å². The molecule has 3 heterocycles. The summed E-state index contributed by atoms with van der Waals surface area (Å²) in [7, 11) is 0. The van der Waals surface area contributed by atoms with Crippen molar-refractivity contribution < 1.29 is 9.51 Å². The fourth-order valence-corrected chi connectivity index (χ4v) is 3.71. The molecule has 0 aliphatic carbocycles. The standard InChI is InChI=1S/C13H7BrN2OS/c14-8-3-4-10-9(6-8)16-12(17)7-15-5-1-2-11(18-10)13(15)16/h1-7H/p+1. The first-order valence-corrected chi connectivity index (χ1v) is 7.07. The zero-order valence-electron chi connectivity index (χ0n) is 9.17. The zero-order chi connectivity index (χ0) is 12.3. The van der Waals surface area contributed by atoms with Crippen molar-refractivity contribution in [3.8, 4) is 11.6 Å². The highest BCUT2D eigenvalue weighted by Crippen LogP contribution is 2.42. The summed E-state index contributed by atoms with van der Waals surface area (Å²) >= 11 is 5.20. The van der Waals surface area contributed by atoms with Crippen LogP contribution in [0.1, 0.15) is 0 Å². The molecule has 0 radical (unpaired) electrons. The van der Waals surface area contributed by atoms with E-state index in [0.717, 1.165) is 25.6 Å². The molecule has 88 valence electrons. The van der Waals surface area contributed by atoms with Crippen LogP contribution in [-0.2, 0) is 0 Å². The van der Waals surface area contributed by atoms with E-state index in [-0.39, 0.29) is 5.88 Å². The molecule has 18 heavy (non-hydrogen) atoms. The van der Waals surface area contributed by atoms with Gasteiger partial charge >= 0.3 is 11.5 Å². The summed E-state index contributed by atoms with van der Waals surface area (Å²) in [5.41, 5.74) is 2.01. The Morgan fingerprint density at radius 2 is 2.11 bits per heavy atom. The van der Waals surface area contributed by atoms with E-state index in [1.54, 1.807) is 18.0 Å². The van der Waals surface area contributed by atoms with Gasteiger partial charge in [-0.3, -0.25) is 0 Å². The summed E-state index contributed by atoms with van der Waals surface area (Å²) in [6.07, 6.45) is 3.67. The average Bonchev–Trinajstić information content (AvgIpc) is 2.69. The van der Waals surface area contributed by atoms with Crippen molar-refractivity contribution in [2.24, 2.45) is 0 Å². The number of rotatable bonds is 0. The number of imidazole rings is 1. The molecule has 0 unspecified atom stereocenters. The highest BCUT2D eigenvalue weighted by atomic mass is 79.9. The van der Waals surface area contributed by atoms with E-state index in [0.29, 0.717) is 0 Å². The Kier molecular flexibility index (Phi) is 2.05. The number of pyridine rings is 1. The Balaban J connectivity index is 2.20. The lowest BCUT2D eigenvalue weighted by molar-refractivity contribution is -0.512. The maximum Gasteiger partial charge on any atom is 0.328 e. The highest BCUT2D eigenvalue weighted by Gasteiger charge is 2.29. The molecule has 1 aliphatic rings. The van der Waals surface area contributed by atoms with Crippen LogP contribution in [0.3, 0.4) is 0 Å². The van der Waals surface area contributed by atoms with Gasteiger partial charge in [-0.15, -0.1) is 0 Å². The molecule has 2 aromatic heterocycles. The van der Waals surface area contributed by atoms with Gasteiger partial charge in [-0.1, -0.05) is 27.7 Å². The molecule has 3 nitrogen and oxygen atoms in total. The van der Waals surface area contributed by atoms with Gasteiger partial charge in [0.1, 0.15) is 4.90 Å². The molecule has 3 aromatic rings. The third kappa shape index (κ3) is 1.29. The molecule has 1 aliphatic heterocycles. The van der Waals surface area contributed by atoms with Crippen LogP contribution in [0, 0.1) is 0 Å². The molecule has 5 heteroatoms. The van der Waals surface area contributed by atoms with E-state index >= 15 is 0 Å². The van der Waals surface area contributed by atoms with Gasteiger partial charge in [0.25, 0.3) is 0 Å². The van der Waals surface area contributed by atoms with Crippen molar-refractivity contribution in [3.05, 3.63) is 47.2 Å². The van der Waals surface area contributed by atoms with E-state index < -0.39 is 0 Å². The number of hydrogen-bond acceptors (Lipinski definition) is 2. The summed E-state index contributed by atoms with van der Waals surface area (Å²) in [6.45, 7) is 0. The molecule has 0 amide bonds. The first-order valence-electron chi connectivity index (χ1n) is 5.46. The predicted molar refractivity (Wildman–Crippen MR) is 72.4 cm³/mol. The third-order valence-electron chi connectivity index (χ3n) is 3.04. The fourth-order valence-electron chi connectivity index (χ4n) is 2.30. The van der Waals surface area contributed by atoms with Gasteiger partial charge in [0.05, 0.1) is 11.1 Å². The van der Waals surface area contributed by atoms with E-state index in [2.05, 4.69) is 28.1 Å². The van der Waals surface area contributed by atoms with E-state index in [1.165, 1.54) is 0 Å². The van der Waals surface area contributed by atoms with Crippen molar-refractivity contribution in [2.45, 2.75) is 9.79 Å². The number of benzene rings is 1. The second kappa shape index (κ2) is 3.52. The van der Waals surface area contributed by atoms with Gasteiger partial charge in [0, 0.05) is 10.5 Å². The monoisotopic (exact) mass is 319 g/mol. The van der Waals surface area contributed by atoms with Gasteiger partial charge in [0.2, 0.25) is 0 Å². The molecule has 1 aromatic carbocycles. The molecule has 0 fully saturated rings. The van der Waals surface area contributed by atoms with Crippen LogP contribution in [0.15, 0.2) is 57.0 Å². The molecular weight excluding hydrogens is 312 g/mol. The van der Waals surface area contributed by atoms with Crippen molar-refractivity contribution in [2.75, 3.05) is 0 Å². The smallest absolute Gasteiger partial charge is 0.328 e. The van der Waals surface area contributed by atoms with Gasteiger partial charge in [0.15, 0.2) is 11.9 Å². The molecule has 0 bridgehead atoms. The van der Waals surface area contributed by atoms with Crippen molar-refractivity contribution >= 4 is 33.3 Å². The second-order valence-electron chi connectivity index (χ2n) is 4.14. The van der Waals surface area contributed by atoms with Crippen molar-refractivity contribution in [3.63, 3.8) is 0 Å². The topological polar surface area (TPSA) is 29.3 Å². The van der Waals surface area contributed by atoms with Gasteiger partial charge in [-0.05, 0) is 24.3 Å². The fraction of sp³-hybridized carbons (Fsp3) is 0. The quantitative estimate of drug-likeness (QED) is 0.504. The van der Waals surface area contributed by atoms with Gasteiger partial charge in [-0.2, -0.15) is 8.97 Å². The second-order valence-corrected chi connectivity index (χ2v) is 6.14. The average molecular weight is 320 g/mol. The van der Waals surface area contributed by atoms with Crippen LogP contribution in [0.2, 0.25) is 0 Å². The summed E-state index contributed by atoms with van der Waals surface area (Å²) in [5, 5.41) is 10.1. The minimum atomic E-state index is 0.252. The van der Waals surface area contributed by atoms with E-state index in [1.807, 2.05) is 33.4 Å². The molecule has 0 saturated carbocycles. The Labute approximate surface area is 116 Å². The Morgan fingerprint density at radius 1 is 1.22 bits per heavy atom. The van der Waals surface area contributed by atoms with E-state index in [9.17, 15) is 5.11 Å². The molecule has 4 rings (SSSR count). The lowest BCUT2D eigenvalue weighted by Gasteiger charge is -2.12. The van der Waals surface area contributed by atoms with E-state index in [4.69, 9.17) is 0 Å². The maximum atomic E-state index is 10.1. The summed E-state index contributed by atoms with van der Waals surface area (Å²) in [4.78, 5) is 2.29. The SMILES string of the molecule is Oc1c[n+]2cccc3c2n1-c1cc(Br)ccc1S3. The zero-order valence-corrected chi connectivity index (χ0v) is 11.6. The molecule has 1 N–H and O–H groups in total. The molecule has 0 atom stereocenters. The van der Waals surface area contributed by atoms with Crippen LogP contribution in [0.4, 0.5) is 0 Å². The summed E-state index contributed by atoms with van der Waals surface area (Å²) < 4.78 is 4.83. The van der Waals surface area contributed by atoms with Crippen LogP contribution >= 0.6 is 27.7 Å². The highest BCUT2D eigenvalue weighted by molar-refractivity contribution is 9.10. The van der Waals surface area contributed by atoms with Crippen LogP contribution < -0.4 is 4.40 Å². The van der Waals surface area contributed by atoms with Crippen LogP contribution in [0.5, 0.6) is 5.88 Å². The Bertz CT molecular complexity index is 797. The summed E-state index contributed by atoms with van der Waals surface area (Å²) in [6, 6.07) is 10.2. The maximum absolute atomic E-state index is 10.1. The first-order chi connectivity index (χ1) is 8.74. The largest absolute Gasteiger partial charge is 0.475 e. The lowest BCUT2D eigenvalue weighted by atomic mass is 10.3. The molecule has 0 saturated heterocycles. The van der Waals surface area contributed by atoms with Crippen molar-refractivity contribution in [1.82, 2.24) is 4.57 Å². The Morgan fingerprint density at radius 3 is 3.00 bits per heavy atom. The lowest BCUT2D eigenvalue weighted by Crippen LogP contribution is -2.20. The number of fused-ring (bicyclic) bond motifs is 2. The number of aromatic nitrogens is 2. The van der Waals surface area contributed by atoms with Gasteiger partial charge in [-0.25, -0.2) is 0 Å². The van der Waals surface area contributed by atoms with Crippen molar-refractivity contribution in [1.29, 1.82) is 0 Å². The number of nitrogens with zero attached hydrogens (tertiary/aromatic N) is 2. The summed E-state index contributed by atoms with van der Waals surface area (Å²) in [5.74, 6) is 0.252. The number of halogens is 1. The number of aromatic hydroxyl groups is 1. The van der Waals surface area contributed by atoms with Gasteiger partial charge < -0.3 is 5.11 Å². The number of hydrogen-bond donors (Lipinski definition) is 1. The normalized spacial score (nSPS) is 12.7. The molecular formula is C13H8BrN2OS+. The minimum Gasteiger partial charge on any atom is -0.475 e. The Hall–Kier alpha value is -1.46. The molecule has 0 spiro atoms. The third-order valence-corrected chi connectivity index (χ3v) is 4.63. The first kappa shape index (κ1) is 10.5. The predicted octanol–water partition coefficient (Wildman–Crippen LogP) is 3.15. The van der Waals surface area contributed by atoms with Crippen LogP contribution in [-0.4, -0.2) is 9.67 Å². The minimum absolute atomic E-state index is 0.252.